The van der Waals surface area contributed by atoms with Crippen molar-refractivity contribution in [2.45, 2.75) is 77.5 Å². The summed E-state index contributed by atoms with van der Waals surface area (Å²) in [4.78, 5) is 29.1. The normalized spacial score (nSPS) is 21.3. The Bertz CT molecular complexity index is 643. The second kappa shape index (κ2) is 7.29. The van der Waals surface area contributed by atoms with E-state index in [1.807, 2.05) is 48.8 Å². The number of carbonyl (C=O) groups is 2. The SMILES string of the molecule is COC(=O)CC[C@H]1[C@H](c2ccccc2)N(C(C)(C)C)C(=O)N1C(C)(C)C. The number of amides is 2. The first-order valence-electron chi connectivity index (χ1n) is 9.23. The van der Waals surface area contributed by atoms with Crippen LogP contribution in [0, 0.1) is 0 Å². The van der Waals surface area contributed by atoms with Crippen molar-refractivity contribution in [2.24, 2.45) is 0 Å². The Labute approximate surface area is 157 Å². The molecule has 1 heterocycles. The molecule has 0 saturated carbocycles. The summed E-state index contributed by atoms with van der Waals surface area (Å²) in [6, 6.07) is 9.93. The second-order valence-electron chi connectivity index (χ2n) is 8.90. The maximum Gasteiger partial charge on any atom is 0.321 e. The second-order valence-corrected chi connectivity index (χ2v) is 8.90. The van der Waals surface area contributed by atoms with E-state index in [1.54, 1.807) is 0 Å². The van der Waals surface area contributed by atoms with Crippen LogP contribution in [0.3, 0.4) is 0 Å². The average molecular weight is 360 g/mol. The van der Waals surface area contributed by atoms with Gasteiger partial charge in [0.05, 0.1) is 19.2 Å². The highest BCUT2D eigenvalue weighted by Gasteiger charge is 2.53. The molecule has 0 spiro atoms. The lowest BCUT2D eigenvalue weighted by Gasteiger charge is -2.37. The van der Waals surface area contributed by atoms with Gasteiger partial charge in [0, 0.05) is 17.5 Å². The van der Waals surface area contributed by atoms with Crippen LogP contribution in [0.15, 0.2) is 30.3 Å². The standard InChI is InChI=1S/C21H32N2O3/c1-20(2,3)22-16(13-14-17(24)26-7)18(15-11-9-8-10-12-15)23(19(22)25)21(4,5)6/h8-12,16,18H,13-14H2,1-7H3/t16-,18-/m0/s1. The summed E-state index contributed by atoms with van der Waals surface area (Å²) < 4.78 is 4.84. The average Bonchev–Trinajstić information content (AvgIpc) is 2.85. The zero-order chi connectivity index (χ0) is 19.7. The van der Waals surface area contributed by atoms with Crippen molar-refractivity contribution in [1.29, 1.82) is 0 Å². The van der Waals surface area contributed by atoms with E-state index < -0.39 is 0 Å². The van der Waals surface area contributed by atoms with Gasteiger partial charge in [0.25, 0.3) is 0 Å². The predicted molar refractivity (Wildman–Crippen MR) is 103 cm³/mol. The third-order valence-electron chi connectivity index (χ3n) is 4.84. The summed E-state index contributed by atoms with van der Waals surface area (Å²) in [7, 11) is 1.40. The van der Waals surface area contributed by atoms with Gasteiger partial charge in [-0.3, -0.25) is 4.79 Å². The van der Waals surface area contributed by atoms with Crippen molar-refractivity contribution in [3.8, 4) is 0 Å². The minimum Gasteiger partial charge on any atom is -0.469 e. The third kappa shape index (κ3) is 4.02. The smallest absolute Gasteiger partial charge is 0.321 e. The summed E-state index contributed by atoms with van der Waals surface area (Å²) in [5.74, 6) is -0.243. The van der Waals surface area contributed by atoms with Crippen LogP contribution in [0.5, 0.6) is 0 Å². The monoisotopic (exact) mass is 360 g/mol. The number of methoxy groups -OCH3 is 1. The van der Waals surface area contributed by atoms with E-state index >= 15 is 0 Å². The number of benzene rings is 1. The van der Waals surface area contributed by atoms with Gasteiger partial charge in [0.15, 0.2) is 0 Å². The molecule has 1 saturated heterocycles. The molecule has 0 unspecified atom stereocenters. The number of rotatable bonds is 4. The van der Waals surface area contributed by atoms with Crippen LogP contribution in [0.1, 0.15) is 66.0 Å². The topological polar surface area (TPSA) is 49.9 Å². The largest absolute Gasteiger partial charge is 0.469 e. The first kappa shape index (κ1) is 20.3. The molecular weight excluding hydrogens is 328 g/mol. The molecule has 1 fully saturated rings. The first-order chi connectivity index (χ1) is 12.0. The zero-order valence-corrected chi connectivity index (χ0v) is 17.1. The molecule has 0 aliphatic carbocycles. The molecule has 0 radical (unpaired) electrons. The molecule has 0 N–H and O–H groups in total. The molecule has 26 heavy (non-hydrogen) atoms. The molecule has 0 aromatic heterocycles. The number of hydrogen-bond donors (Lipinski definition) is 0. The van der Waals surface area contributed by atoms with Crippen LogP contribution in [0.4, 0.5) is 4.79 Å². The number of ether oxygens (including phenoxy) is 1. The summed E-state index contributed by atoms with van der Waals surface area (Å²) in [5.41, 5.74) is 0.420. The van der Waals surface area contributed by atoms with Crippen molar-refractivity contribution in [3.05, 3.63) is 35.9 Å². The van der Waals surface area contributed by atoms with E-state index in [-0.39, 0.29) is 35.2 Å². The summed E-state index contributed by atoms with van der Waals surface area (Å²) in [6.45, 7) is 12.3. The lowest BCUT2D eigenvalue weighted by molar-refractivity contribution is -0.141. The highest BCUT2D eigenvalue weighted by molar-refractivity contribution is 5.80. The van der Waals surface area contributed by atoms with Gasteiger partial charge >= 0.3 is 12.0 Å². The molecule has 1 aliphatic rings. The Morgan fingerprint density at radius 3 is 2.00 bits per heavy atom. The fourth-order valence-electron chi connectivity index (χ4n) is 3.85. The van der Waals surface area contributed by atoms with Crippen LogP contribution in [-0.4, -0.2) is 46.0 Å². The van der Waals surface area contributed by atoms with Crippen LogP contribution >= 0.6 is 0 Å². The molecular formula is C21H32N2O3. The third-order valence-corrected chi connectivity index (χ3v) is 4.84. The number of hydrogen-bond acceptors (Lipinski definition) is 3. The Morgan fingerprint density at radius 2 is 1.54 bits per heavy atom. The van der Waals surface area contributed by atoms with Gasteiger partial charge in [-0.1, -0.05) is 30.3 Å². The maximum atomic E-state index is 13.4. The minimum atomic E-state index is -0.342. The van der Waals surface area contributed by atoms with Crippen molar-refractivity contribution in [1.82, 2.24) is 9.80 Å². The van der Waals surface area contributed by atoms with Crippen molar-refractivity contribution in [3.63, 3.8) is 0 Å². The number of nitrogens with zero attached hydrogens (tertiary/aromatic N) is 2. The zero-order valence-electron chi connectivity index (χ0n) is 17.1. The van der Waals surface area contributed by atoms with Crippen molar-refractivity contribution >= 4 is 12.0 Å². The summed E-state index contributed by atoms with van der Waals surface area (Å²) in [6.07, 6.45) is 0.865. The Hall–Kier alpha value is -2.04. The maximum absolute atomic E-state index is 13.4. The Kier molecular flexibility index (Phi) is 5.69. The molecule has 1 aromatic carbocycles. The lowest BCUT2D eigenvalue weighted by Crippen LogP contribution is -2.50. The van der Waals surface area contributed by atoms with Gasteiger partial charge in [0.1, 0.15) is 0 Å². The van der Waals surface area contributed by atoms with Gasteiger partial charge in [-0.25, -0.2) is 4.79 Å². The Morgan fingerprint density at radius 1 is 1.00 bits per heavy atom. The molecule has 5 nitrogen and oxygen atoms in total. The van der Waals surface area contributed by atoms with Crippen molar-refractivity contribution in [2.75, 3.05) is 7.11 Å². The highest BCUT2D eigenvalue weighted by atomic mass is 16.5. The Balaban J connectivity index is 2.54. The molecule has 5 heteroatoms. The highest BCUT2D eigenvalue weighted by Crippen LogP contribution is 2.44. The van der Waals surface area contributed by atoms with E-state index in [1.165, 1.54) is 7.11 Å². The predicted octanol–water partition coefficient (Wildman–Crippen LogP) is 4.38. The van der Waals surface area contributed by atoms with Gasteiger partial charge in [0.2, 0.25) is 0 Å². The van der Waals surface area contributed by atoms with E-state index in [2.05, 4.69) is 32.9 Å². The van der Waals surface area contributed by atoms with Gasteiger partial charge < -0.3 is 14.5 Å². The van der Waals surface area contributed by atoms with Gasteiger partial charge in [-0.05, 0) is 53.5 Å². The molecule has 2 atom stereocenters. The fraction of sp³-hybridized carbons (Fsp3) is 0.619. The van der Waals surface area contributed by atoms with E-state index in [0.717, 1.165) is 5.56 Å². The van der Waals surface area contributed by atoms with Gasteiger partial charge in [-0.2, -0.15) is 0 Å². The number of urea groups is 1. The van der Waals surface area contributed by atoms with Crippen LogP contribution < -0.4 is 0 Å². The summed E-state index contributed by atoms with van der Waals surface area (Å²) in [5, 5.41) is 0. The van der Waals surface area contributed by atoms with Crippen LogP contribution in [0.2, 0.25) is 0 Å². The molecule has 2 amide bonds. The fourth-order valence-corrected chi connectivity index (χ4v) is 3.85. The lowest BCUT2D eigenvalue weighted by atomic mass is 9.91. The molecule has 144 valence electrons. The number of carbonyl (C=O) groups excluding carboxylic acids is 2. The van der Waals surface area contributed by atoms with E-state index in [9.17, 15) is 9.59 Å². The van der Waals surface area contributed by atoms with Crippen molar-refractivity contribution < 1.29 is 14.3 Å². The molecule has 0 bridgehead atoms. The first-order valence-corrected chi connectivity index (χ1v) is 9.23. The van der Waals surface area contributed by atoms with Gasteiger partial charge in [-0.15, -0.1) is 0 Å². The molecule has 1 aliphatic heterocycles. The molecule has 1 aromatic rings. The quantitative estimate of drug-likeness (QED) is 0.749. The number of esters is 1. The van der Waals surface area contributed by atoms with Crippen LogP contribution in [-0.2, 0) is 9.53 Å². The van der Waals surface area contributed by atoms with E-state index in [0.29, 0.717) is 12.8 Å². The molecule has 2 rings (SSSR count). The van der Waals surface area contributed by atoms with Crippen LogP contribution in [0.25, 0.3) is 0 Å². The van der Waals surface area contributed by atoms with E-state index in [4.69, 9.17) is 4.74 Å². The summed E-state index contributed by atoms with van der Waals surface area (Å²) >= 11 is 0. The minimum absolute atomic E-state index is 0.0220.